The van der Waals surface area contributed by atoms with Gasteiger partial charge >= 0.3 is 5.97 Å². The molecule has 0 aliphatic rings. The van der Waals surface area contributed by atoms with Gasteiger partial charge in [0.05, 0.1) is 12.4 Å². The van der Waals surface area contributed by atoms with E-state index in [1.165, 1.54) is 12.4 Å². The fourth-order valence-corrected chi connectivity index (χ4v) is 0.920. The molecule has 0 aliphatic heterocycles. The third-order valence-corrected chi connectivity index (χ3v) is 1.51. The molecule has 2 rings (SSSR count). The van der Waals surface area contributed by atoms with Gasteiger partial charge in [0.25, 0.3) is 0 Å². The Balaban J connectivity index is 2.21. The molecule has 0 saturated carbocycles. The van der Waals surface area contributed by atoms with Gasteiger partial charge in [0.1, 0.15) is 12.1 Å². The van der Waals surface area contributed by atoms with E-state index in [-0.39, 0.29) is 12.5 Å². The van der Waals surface area contributed by atoms with Crippen molar-refractivity contribution in [1.82, 2.24) is 15.1 Å². The van der Waals surface area contributed by atoms with Crippen molar-refractivity contribution >= 4 is 23.0 Å². The Morgan fingerprint density at radius 2 is 2.43 bits per heavy atom. The average molecular weight is 194 g/mol. The summed E-state index contributed by atoms with van der Waals surface area (Å²) < 4.78 is 4.78. The average Bonchev–Trinajstić information content (AvgIpc) is 2.61. The van der Waals surface area contributed by atoms with E-state index in [9.17, 15) is 4.79 Å². The summed E-state index contributed by atoms with van der Waals surface area (Å²) in [4.78, 5) is 18.0. The van der Waals surface area contributed by atoms with E-state index in [1.54, 1.807) is 0 Å². The first-order chi connectivity index (χ1) is 6.75. The fraction of sp³-hybridized carbons (Fsp3) is 0.143. The molecule has 0 saturated heterocycles. The number of hydrogen-bond donors (Lipinski definition) is 2. The third-order valence-electron chi connectivity index (χ3n) is 1.51. The van der Waals surface area contributed by atoms with Gasteiger partial charge < -0.3 is 14.9 Å². The van der Waals surface area contributed by atoms with Crippen LogP contribution in [0.15, 0.2) is 16.9 Å². The minimum absolute atomic E-state index is 0.225. The summed E-state index contributed by atoms with van der Waals surface area (Å²) in [5, 5.41) is 14.5. The van der Waals surface area contributed by atoms with Crippen LogP contribution < -0.4 is 5.32 Å². The summed E-state index contributed by atoms with van der Waals surface area (Å²) in [5.74, 6) is -0.734. The molecule has 0 radical (unpaired) electrons. The van der Waals surface area contributed by atoms with Crippen molar-refractivity contribution < 1.29 is 14.4 Å². The highest BCUT2D eigenvalue weighted by Crippen LogP contribution is 2.10. The monoisotopic (exact) mass is 194 g/mol. The molecule has 0 unspecified atom stereocenters. The number of nitrogens with one attached hydrogen (secondary N) is 1. The van der Waals surface area contributed by atoms with E-state index < -0.39 is 5.97 Å². The zero-order chi connectivity index (χ0) is 9.97. The van der Waals surface area contributed by atoms with Crippen LogP contribution in [0, 0.1) is 0 Å². The number of aliphatic carboxylic acids is 1. The first-order valence-electron chi connectivity index (χ1n) is 3.79. The Morgan fingerprint density at radius 3 is 3.21 bits per heavy atom. The van der Waals surface area contributed by atoms with E-state index in [4.69, 9.17) is 9.63 Å². The first kappa shape index (κ1) is 8.42. The van der Waals surface area contributed by atoms with Gasteiger partial charge in [-0.1, -0.05) is 5.16 Å². The molecule has 0 aromatic carbocycles. The number of fused-ring (bicyclic) bond motifs is 1. The van der Waals surface area contributed by atoms with Crippen LogP contribution in [0.3, 0.4) is 0 Å². The van der Waals surface area contributed by atoms with Gasteiger partial charge in [-0.3, -0.25) is 4.79 Å². The maximum atomic E-state index is 10.2. The van der Waals surface area contributed by atoms with Gasteiger partial charge in [0, 0.05) is 0 Å². The lowest BCUT2D eigenvalue weighted by Gasteiger charge is -1.98. The maximum Gasteiger partial charge on any atom is 0.322 e. The predicted molar refractivity (Wildman–Crippen MR) is 45.7 cm³/mol. The molecule has 72 valence electrons. The number of carboxylic acid groups (broad SMARTS) is 1. The van der Waals surface area contributed by atoms with Crippen molar-refractivity contribution in [3.63, 3.8) is 0 Å². The van der Waals surface area contributed by atoms with Gasteiger partial charge in [-0.25, -0.2) is 9.97 Å². The van der Waals surface area contributed by atoms with Crippen molar-refractivity contribution in [1.29, 1.82) is 0 Å². The quantitative estimate of drug-likeness (QED) is 0.715. The van der Waals surface area contributed by atoms with Crippen LogP contribution in [0.1, 0.15) is 0 Å². The van der Waals surface area contributed by atoms with Crippen molar-refractivity contribution in [2.24, 2.45) is 0 Å². The molecule has 7 nitrogen and oxygen atoms in total. The minimum Gasteiger partial charge on any atom is -0.480 e. The third kappa shape index (κ3) is 1.60. The summed E-state index contributed by atoms with van der Waals surface area (Å²) >= 11 is 0. The Kier molecular flexibility index (Phi) is 1.98. The fourth-order valence-electron chi connectivity index (χ4n) is 0.920. The zero-order valence-corrected chi connectivity index (χ0v) is 6.97. The molecule has 0 aliphatic carbocycles. The Labute approximate surface area is 77.8 Å². The van der Waals surface area contributed by atoms with Gasteiger partial charge in [-0.2, -0.15) is 0 Å². The smallest absolute Gasteiger partial charge is 0.322 e. The SMILES string of the molecule is O=C(O)CNc1ncc2oncc2n1. The predicted octanol–water partition coefficient (Wildman–Crippen LogP) is 0.114. The molecule has 2 aromatic heterocycles. The number of carboxylic acids is 1. The minimum atomic E-state index is -0.973. The lowest BCUT2D eigenvalue weighted by atomic mass is 10.5. The largest absolute Gasteiger partial charge is 0.480 e. The second kappa shape index (κ2) is 3.29. The first-order valence-corrected chi connectivity index (χ1v) is 3.79. The molecular formula is C7H6N4O3. The molecular weight excluding hydrogens is 188 g/mol. The summed E-state index contributed by atoms with van der Waals surface area (Å²) in [6.45, 7) is -0.225. The molecule has 2 N–H and O–H groups in total. The highest BCUT2D eigenvalue weighted by Gasteiger charge is 2.03. The highest BCUT2D eigenvalue weighted by molar-refractivity contribution is 5.74. The van der Waals surface area contributed by atoms with Crippen molar-refractivity contribution in [3.05, 3.63) is 12.4 Å². The standard InChI is InChI=1S/C7H6N4O3/c12-6(13)3-9-7-8-2-5-4(11-7)1-10-14-5/h1-2H,3H2,(H,12,13)(H,8,9,11). The number of aromatic nitrogens is 3. The van der Waals surface area contributed by atoms with E-state index in [0.29, 0.717) is 11.1 Å². The summed E-state index contributed by atoms with van der Waals surface area (Å²) in [6, 6.07) is 0. The van der Waals surface area contributed by atoms with Crippen LogP contribution in [0.2, 0.25) is 0 Å². The van der Waals surface area contributed by atoms with E-state index in [0.717, 1.165) is 0 Å². The Bertz CT molecular complexity index is 467. The van der Waals surface area contributed by atoms with Gasteiger partial charge in [0.2, 0.25) is 11.5 Å². The summed E-state index contributed by atoms with van der Waals surface area (Å²) in [6.07, 6.45) is 2.86. The molecule has 0 bridgehead atoms. The number of hydrogen-bond acceptors (Lipinski definition) is 6. The van der Waals surface area contributed by atoms with Crippen LogP contribution in [0.4, 0.5) is 5.95 Å². The highest BCUT2D eigenvalue weighted by atomic mass is 16.5. The van der Waals surface area contributed by atoms with Gasteiger partial charge in [-0.05, 0) is 0 Å². The molecule has 2 heterocycles. The number of rotatable bonds is 3. The zero-order valence-electron chi connectivity index (χ0n) is 6.97. The normalized spacial score (nSPS) is 10.3. The summed E-state index contributed by atoms with van der Waals surface area (Å²) in [7, 11) is 0. The number of nitrogens with zero attached hydrogens (tertiary/aromatic N) is 3. The molecule has 0 spiro atoms. The second-order valence-corrected chi connectivity index (χ2v) is 2.52. The molecule has 0 amide bonds. The lowest BCUT2D eigenvalue weighted by Crippen LogP contribution is -2.13. The molecule has 0 fully saturated rings. The number of anilines is 1. The van der Waals surface area contributed by atoms with E-state index in [1.807, 2.05) is 0 Å². The van der Waals surface area contributed by atoms with Crippen LogP contribution >= 0.6 is 0 Å². The molecule has 2 aromatic rings. The molecule has 7 heteroatoms. The van der Waals surface area contributed by atoms with E-state index >= 15 is 0 Å². The van der Waals surface area contributed by atoms with Crippen LogP contribution in [0.25, 0.3) is 11.1 Å². The number of carbonyl (C=O) groups is 1. The van der Waals surface area contributed by atoms with Crippen molar-refractivity contribution in [2.45, 2.75) is 0 Å². The topological polar surface area (TPSA) is 101 Å². The van der Waals surface area contributed by atoms with Crippen molar-refractivity contribution in [3.8, 4) is 0 Å². The Hall–Kier alpha value is -2.18. The van der Waals surface area contributed by atoms with Crippen LogP contribution in [-0.4, -0.2) is 32.7 Å². The maximum absolute atomic E-state index is 10.2. The van der Waals surface area contributed by atoms with Gasteiger partial charge in [-0.15, -0.1) is 0 Å². The summed E-state index contributed by atoms with van der Waals surface area (Å²) in [5.41, 5.74) is 0.999. The van der Waals surface area contributed by atoms with Crippen LogP contribution in [0.5, 0.6) is 0 Å². The molecule has 0 atom stereocenters. The Morgan fingerprint density at radius 1 is 1.57 bits per heavy atom. The second-order valence-electron chi connectivity index (χ2n) is 2.52. The lowest BCUT2D eigenvalue weighted by molar-refractivity contribution is -0.134. The van der Waals surface area contributed by atoms with Gasteiger partial charge in [0.15, 0.2) is 0 Å². The molecule has 14 heavy (non-hydrogen) atoms. The van der Waals surface area contributed by atoms with E-state index in [2.05, 4.69) is 20.4 Å². The van der Waals surface area contributed by atoms with Crippen LogP contribution in [-0.2, 0) is 4.79 Å². The van der Waals surface area contributed by atoms with Crippen molar-refractivity contribution in [2.75, 3.05) is 11.9 Å².